The summed E-state index contributed by atoms with van der Waals surface area (Å²) in [7, 11) is 0. The first-order valence-corrected chi connectivity index (χ1v) is 7.06. The number of benzene rings is 1. The number of para-hydroxylation sites is 2. The van der Waals surface area contributed by atoms with Gasteiger partial charge in [0.05, 0.1) is 19.3 Å². The van der Waals surface area contributed by atoms with Crippen molar-refractivity contribution >= 4 is 5.91 Å². The van der Waals surface area contributed by atoms with Gasteiger partial charge in [-0.25, -0.2) is 0 Å². The maximum Gasteiger partial charge on any atom is 0.234 e. The average Bonchev–Trinajstić information content (AvgIpc) is 2.45. The Bertz CT molecular complexity index is 410. The lowest BCUT2D eigenvalue weighted by molar-refractivity contribution is -0.120. The number of likely N-dealkylation sites (N-methyl/N-ethyl adjacent to an activating group) is 1. The molecular weight excluding hydrogens is 256 g/mol. The van der Waals surface area contributed by atoms with Gasteiger partial charge in [-0.3, -0.25) is 4.79 Å². The quantitative estimate of drug-likeness (QED) is 0.684. The Morgan fingerprint density at radius 1 is 1.20 bits per heavy atom. The van der Waals surface area contributed by atoms with E-state index in [0.29, 0.717) is 31.9 Å². The summed E-state index contributed by atoms with van der Waals surface area (Å²) in [4.78, 5) is 11.2. The molecule has 112 valence electrons. The zero-order chi connectivity index (χ0) is 14.8. The molecule has 1 aromatic carbocycles. The Morgan fingerprint density at radius 3 is 2.30 bits per heavy atom. The molecule has 0 bridgehead atoms. The minimum Gasteiger partial charge on any atom is -0.490 e. The summed E-state index contributed by atoms with van der Waals surface area (Å²) in [6.07, 6.45) is 1.48. The van der Waals surface area contributed by atoms with E-state index in [1.165, 1.54) is 0 Å². The van der Waals surface area contributed by atoms with Gasteiger partial charge in [-0.15, -0.1) is 0 Å². The minimum absolute atomic E-state index is 0.356. The van der Waals surface area contributed by atoms with Crippen LogP contribution in [0.15, 0.2) is 24.3 Å². The highest BCUT2D eigenvalue weighted by atomic mass is 16.5. The molecule has 0 fully saturated rings. The fourth-order valence-corrected chi connectivity index (χ4v) is 1.78. The van der Waals surface area contributed by atoms with Gasteiger partial charge >= 0.3 is 0 Å². The van der Waals surface area contributed by atoms with Crippen molar-refractivity contribution in [3.8, 4) is 11.5 Å². The molecule has 0 aliphatic rings. The van der Waals surface area contributed by atoms with Crippen LogP contribution in [-0.2, 0) is 4.79 Å². The molecule has 5 heteroatoms. The maximum atomic E-state index is 11.2. The summed E-state index contributed by atoms with van der Waals surface area (Å²) in [5, 5.41) is 3.03. The lowest BCUT2D eigenvalue weighted by Crippen LogP contribution is -2.42. The van der Waals surface area contributed by atoms with Crippen molar-refractivity contribution in [2.24, 2.45) is 5.73 Å². The topological polar surface area (TPSA) is 73.6 Å². The third kappa shape index (κ3) is 5.48. The number of hydrogen-bond donors (Lipinski definition) is 2. The highest BCUT2D eigenvalue weighted by molar-refractivity contribution is 5.79. The lowest BCUT2D eigenvalue weighted by atomic mass is 10.2. The third-order valence-electron chi connectivity index (χ3n) is 2.77. The van der Waals surface area contributed by atoms with Crippen molar-refractivity contribution < 1.29 is 14.3 Å². The second kappa shape index (κ2) is 9.20. The minimum atomic E-state index is -0.358. The molecule has 1 amide bonds. The molecule has 0 aromatic heterocycles. The molecule has 1 unspecified atom stereocenters. The number of carbonyl (C=O) groups excluding carboxylic acids is 1. The normalized spacial score (nSPS) is 11.9. The predicted molar refractivity (Wildman–Crippen MR) is 79.0 cm³/mol. The van der Waals surface area contributed by atoms with Crippen LogP contribution in [-0.4, -0.2) is 31.7 Å². The molecule has 0 heterocycles. The molecule has 1 aromatic rings. The smallest absolute Gasteiger partial charge is 0.234 e. The van der Waals surface area contributed by atoms with Crippen molar-refractivity contribution in [2.75, 3.05) is 19.8 Å². The van der Waals surface area contributed by atoms with Crippen LogP contribution in [0.1, 0.15) is 26.7 Å². The van der Waals surface area contributed by atoms with Crippen LogP contribution in [0.25, 0.3) is 0 Å². The predicted octanol–water partition coefficient (Wildman–Crippen LogP) is 1.71. The van der Waals surface area contributed by atoms with E-state index in [4.69, 9.17) is 15.2 Å². The third-order valence-corrected chi connectivity index (χ3v) is 2.77. The van der Waals surface area contributed by atoms with E-state index < -0.39 is 0 Å². The van der Waals surface area contributed by atoms with E-state index in [9.17, 15) is 4.79 Å². The molecule has 0 saturated heterocycles. The summed E-state index contributed by atoms with van der Waals surface area (Å²) in [6.45, 7) is 5.75. The fourth-order valence-electron chi connectivity index (χ4n) is 1.78. The highest BCUT2D eigenvalue weighted by Crippen LogP contribution is 2.26. The standard InChI is InChI=1S/C15H24N2O3/c1-3-10-19-13-7-5-6-8-14(13)20-11-9-12(15(16)18)17-4-2/h5-8,12,17H,3-4,9-11H2,1-2H3,(H2,16,18). The van der Waals surface area contributed by atoms with Gasteiger partial charge < -0.3 is 20.5 Å². The van der Waals surface area contributed by atoms with Crippen molar-refractivity contribution in [3.05, 3.63) is 24.3 Å². The lowest BCUT2D eigenvalue weighted by Gasteiger charge is -2.16. The molecular formula is C15H24N2O3. The molecule has 1 atom stereocenters. The Kier molecular flexibility index (Phi) is 7.50. The number of carbonyl (C=O) groups is 1. The Labute approximate surface area is 120 Å². The van der Waals surface area contributed by atoms with E-state index >= 15 is 0 Å². The molecule has 0 aliphatic heterocycles. The first kappa shape index (κ1) is 16.3. The van der Waals surface area contributed by atoms with Crippen LogP contribution in [0.2, 0.25) is 0 Å². The van der Waals surface area contributed by atoms with E-state index in [2.05, 4.69) is 12.2 Å². The molecule has 5 nitrogen and oxygen atoms in total. The highest BCUT2D eigenvalue weighted by Gasteiger charge is 2.14. The summed E-state index contributed by atoms with van der Waals surface area (Å²) in [5.41, 5.74) is 5.32. The van der Waals surface area contributed by atoms with Gasteiger partial charge in [0, 0.05) is 6.42 Å². The zero-order valence-corrected chi connectivity index (χ0v) is 12.2. The number of rotatable bonds is 10. The zero-order valence-electron chi connectivity index (χ0n) is 12.2. The van der Waals surface area contributed by atoms with Crippen LogP contribution >= 0.6 is 0 Å². The first-order valence-electron chi connectivity index (χ1n) is 7.06. The van der Waals surface area contributed by atoms with Gasteiger partial charge in [0.2, 0.25) is 5.91 Å². The summed E-state index contributed by atoms with van der Waals surface area (Å²) >= 11 is 0. The Hall–Kier alpha value is -1.75. The number of nitrogens with two attached hydrogens (primary N) is 1. The molecule has 0 radical (unpaired) electrons. The largest absolute Gasteiger partial charge is 0.490 e. The summed E-state index contributed by atoms with van der Waals surface area (Å²) < 4.78 is 11.3. The Morgan fingerprint density at radius 2 is 1.80 bits per heavy atom. The van der Waals surface area contributed by atoms with E-state index in [1.807, 2.05) is 31.2 Å². The van der Waals surface area contributed by atoms with Gasteiger partial charge in [-0.1, -0.05) is 26.0 Å². The number of nitrogens with one attached hydrogen (secondary N) is 1. The number of ether oxygens (including phenoxy) is 2. The molecule has 0 saturated carbocycles. The first-order chi connectivity index (χ1) is 9.69. The van der Waals surface area contributed by atoms with Crippen molar-refractivity contribution in [3.63, 3.8) is 0 Å². The SMILES string of the molecule is CCCOc1ccccc1OCCC(NCC)C(N)=O. The van der Waals surface area contributed by atoms with E-state index in [0.717, 1.165) is 12.2 Å². The molecule has 0 spiro atoms. The molecule has 20 heavy (non-hydrogen) atoms. The van der Waals surface area contributed by atoms with Gasteiger partial charge in [0.25, 0.3) is 0 Å². The van der Waals surface area contributed by atoms with Crippen LogP contribution in [0, 0.1) is 0 Å². The Balaban J connectivity index is 2.50. The number of primary amides is 1. The van der Waals surface area contributed by atoms with Crippen LogP contribution in [0.5, 0.6) is 11.5 Å². The van der Waals surface area contributed by atoms with Crippen LogP contribution < -0.4 is 20.5 Å². The van der Waals surface area contributed by atoms with Crippen molar-refractivity contribution in [1.29, 1.82) is 0 Å². The maximum absolute atomic E-state index is 11.2. The van der Waals surface area contributed by atoms with Crippen molar-refractivity contribution in [2.45, 2.75) is 32.7 Å². The van der Waals surface area contributed by atoms with Gasteiger partial charge in [0.15, 0.2) is 11.5 Å². The number of hydrogen-bond acceptors (Lipinski definition) is 4. The average molecular weight is 280 g/mol. The molecule has 3 N–H and O–H groups in total. The van der Waals surface area contributed by atoms with Crippen LogP contribution in [0.3, 0.4) is 0 Å². The second-order valence-corrected chi connectivity index (χ2v) is 4.44. The molecule has 1 rings (SSSR count). The van der Waals surface area contributed by atoms with E-state index in [1.54, 1.807) is 0 Å². The van der Waals surface area contributed by atoms with E-state index in [-0.39, 0.29) is 11.9 Å². The summed E-state index contributed by atoms with van der Waals surface area (Å²) in [6, 6.07) is 7.18. The van der Waals surface area contributed by atoms with Gasteiger partial charge in [-0.05, 0) is 25.1 Å². The van der Waals surface area contributed by atoms with Crippen LogP contribution in [0.4, 0.5) is 0 Å². The summed E-state index contributed by atoms with van der Waals surface area (Å²) in [5.74, 6) is 1.07. The fraction of sp³-hybridized carbons (Fsp3) is 0.533. The monoisotopic (exact) mass is 280 g/mol. The van der Waals surface area contributed by atoms with Crippen molar-refractivity contribution in [1.82, 2.24) is 5.32 Å². The molecule has 0 aliphatic carbocycles. The van der Waals surface area contributed by atoms with Gasteiger partial charge in [0.1, 0.15) is 0 Å². The second-order valence-electron chi connectivity index (χ2n) is 4.44. The number of amides is 1. The van der Waals surface area contributed by atoms with Gasteiger partial charge in [-0.2, -0.15) is 0 Å².